The number of hydrogen-bond acceptors (Lipinski definition) is 3. The van der Waals surface area contributed by atoms with Gasteiger partial charge in [0.1, 0.15) is 6.61 Å². The minimum Gasteiger partial charge on any atom is -0.367 e. The Labute approximate surface area is 109 Å². The topological polar surface area (TPSA) is 21.3 Å². The van der Waals surface area contributed by atoms with Gasteiger partial charge in [0.2, 0.25) is 0 Å². The van der Waals surface area contributed by atoms with Crippen LogP contribution in [0.1, 0.15) is 28.7 Å². The normalized spacial score (nSPS) is 12.1. The molecule has 104 valence electrons. The Bertz CT molecular complexity index is 363. The second-order valence-corrected chi connectivity index (χ2v) is 5.42. The molecule has 0 atom stereocenters. The van der Waals surface area contributed by atoms with Crippen molar-refractivity contribution in [2.75, 3.05) is 13.2 Å². The number of rotatable bonds is 7. The van der Waals surface area contributed by atoms with Gasteiger partial charge in [-0.1, -0.05) is 6.92 Å². The van der Waals surface area contributed by atoms with E-state index in [-0.39, 0.29) is 6.61 Å². The van der Waals surface area contributed by atoms with Crippen LogP contribution in [0.25, 0.3) is 0 Å². The Kier molecular flexibility index (Phi) is 6.11. The molecule has 0 aliphatic carbocycles. The van der Waals surface area contributed by atoms with E-state index >= 15 is 0 Å². The summed E-state index contributed by atoms with van der Waals surface area (Å²) in [5.41, 5.74) is 0.845. The molecule has 1 aromatic rings. The van der Waals surface area contributed by atoms with E-state index in [2.05, 4.69) is 17.0 Å². The van der Waals surface area contributed by atoms with Crippen LogP contribution in [0, 0.1) is 6.92 Å². The van der Waals surface area contributed by atoms with Crippen molar-refractivity contribution < 1.29 is 17.9 Å². The van der Waals surface area contributed by atoms with Crippen LogP contribution < -0.4 is 5.32 Å². The minimum atomic E-state index is -4.25. The van der Waals surface area contributed by atoms with Gasteiger partial charge < -0.3 is 10.1 Å². The van der Waals surface area contributed by atoms with Gasteiger partial charge in [-0.05, 0) is 31.5 Å². The molecule has 1 heterocycles. The molecule has 0 spiro atoms. The van der Waals surface area contributed by atoms with Crippen LogP contribution in [0.15, 0.2) is 6.07 Å². The van der Waals surface area contributed by atoms with Crippen LogP contribution in [0.4, 0.5) is 13.2 Å². The summed E-state index contributed by atoms with van der Waals surface area (Å²) in [7, 11) is 0. The summed E-state index contributed by atoms with van der Waals surface area (Å²) in [5, 5.41) is 3.26. The third kappa shape index (κ3) is 5.84. The van der Waals surface area contributed by atoms with Gasteiger partial charge >= 0.3 is 6.18 Å². The summed E-state index contributed by atoms with van der Waals surface area (Å²) in [6, 6.07) is 1.92. The number of hydrogen-bond donors (Lipinski definition) is 1. The standard InChI is InChI=1S/C12H18F3NOS/c1-3-4-16-6-11-5-10(9(2)18-11)7-17-8-12(13,14)15/h5,16H,3-4,6-8H2,1-2H3. The molecule has 1 N–H and O–H groups in total. The van der Waals surface area contributed by atoms with Gasteiger partial charge in [0.15, 0.2) is 0 Å². The van der Waals surface area contributed by atoms with Gasteiger partial charge in [-0.15, -0.1) is 11.3 Å². The quantitative estimate of drug-likeness (QED) is 0.771. The molecule has 0 radical (unpaired) electrons. The summed E-state index contributed by atoms with van der Waals surface area (Å²) in [4.78, 5) is 2.15. The van der Waals surface area contributed by atoms with E-state index in [1.165, 1.54) is 0 Å². The van der Waals surface area contributed by atoms with E-state index in [0.717, 1.165) is 34.8 Å². The van der Waals surface area contributed by atoms with E-state index in [1.807, 2.05) is 13.0 Å². The molecule has 6 heteroatoms. The maximum atomic E-state index is 11.9. The highest BCUT2D eigenvalue weighted by molar-refractivity contribution is 7.12. The Morgan fingerprint density at radius 2 is 2.11 bits per heavy atom. The fourth-order valence-electron chi connectivity index (χ4n) is 1.48. The summed E-state index contributed by atoms with van der Waals surface area (Å²) >= 11 is 1.60. The van der Waals surface area contributed by atoms with Crippen LogP contribution >= 0.6 is 11.3 Å². The zero-order valence-electron chi connectivity index (χ0n) is 10.6. The lowest BCUT2D eigenvalue weighted by Crippen LogP contribution is -2.16. The number of halogens is 3. The summed E-state index contributed by atoms with van der Waals surface area (Å²) in [5.74, 6) is 0. The summed E-state index contributed by atoms with van der Waals surface area (Å²) in [6.07, 6.45) is -3.19. The molecule has 0 saturated heterocycles. The van der Waals surface area contributed by atoms with Crippen LogP contribution in [-0.4, -0.2) is 19.3 Å². The molecule has 0 amide bonds. The first-order valence-corrected chi connectivity index (χ1v) is 6.67. The molecule has 0 saturated carbocycles. The third-order valence-electron chi connectivity index (χ3n) is 2.32. The van der Waals surface area contributed by atoms with Crippen LogP contribution in [0.3, 0.4) is 0 Å². The minimum absolute atomic E-state index is 0.0234. The Morgan fingerprint density at radius 1 is 1.39 bits per heavy atom. The third-order valence-corrected chi connectivity index (χ3v) is 3.41. The largest absolute Gasteiger partial charge is 0.411 e. The number of ether oxygens (including phenoxy) is 1. The van der Waals surface area contributed by atoms with Crippen molar-refractivity contribution in [1.82, 2.24) is 5.32 Å². The molecule has 0 bridgehead atoms. The fraction of sp³-hybridized carbons (Fsp3) is 0.667. The lowest BCUT2D eigenvalue weighted by atomic mass is 10.2. The first kappa shape index (κ1) is 15.5. The van der Waals surface area contributed by atoms with Crippen molar-refractivity contribution in [1.29, 1.82) is 0 Å². The molecule has 1 aromatic heterocycles. The number of aryl methyl sites for hydroxylation is 1. The number of nitrogens with one attached hydrogen (secondary N) is 1. The second kappa shape index (κ2) is 7.11. The summed E-state index contributed by atoms with van der Waals surface area (Å²) < 4.78 is 40.5. The van der Waals surface area contributed by atoms with Gasteiger partial charge in [-0.25, -0.2) is 0 Å². The van der Waals surface area contributed by atoms with Crippen LogP contribution in [0.5, 0.6) is 0 Å². The van der Waals surface area contributed by atoms with Crippen LogP contribution in [-0.2, 0) is 17.9 Å². The van der Waals surface area contributed by atoms with E-state index in [9.17, 15) is 13.2 Å². The molecular weight excluding hydrogens is 263 g/mol. The Balaban J connectivity index is 2.41. The monoisotopic (exact) mass is 281 g/mol. The van der Waals surface area contributed by atoms with Crippen molar-refractivity contribution in [3.8, 4) is 0 Å². The van der Waals surface area contributed by atoms with Gasteiger partial charge in [-0.3, -0.25) is 0 Å². The predicted octanol–water partition coefficient (Wildman–Crippen LogP) is 3.64. The van der Waals surface area contributed by atoms with Crippen molar-refractivity contribution in [3.05, 3.63) is 21.4 Å². The molecular formula is C12H18F3NOS. The molecule has 18 heavy (non-hydrogen) atoms. The average Bonchev–Trinajstić information content (AvgIpc) is 2.58. The first-order chi connectivity index (χ1) is 8.42. The van der Waals surface area contributed by atoms with Crippen molar-refractivity contribution in [3.63, 3.8) is 0 Å². The van der Waals surface area contributed by atoms with Crippen molar-refractivity contribution in [2.45, 2.75) is 39.6 Å². The highest BCUT2D eigenvalue weighted by atomic mass is 32.1. The molecule has 0 aliphatic rings. The highest BCUT2D eigenvalue weighted by Crippen LogP contribution is 2.23. The van der Waals surface area contributed by atoms with Gasteiger partial charge in [0.05, 0.1) is 6.61 Å². The smallest absolute Gasteiger partial charge is 0.367 e. The van der Waals surface area contributed by atoms with E-state index in [1.54, 1.807) is 11.3 Å². The van der Waals surface area contributed by atoms with E-state index in [0.29, 0.717) is 0 Å². The fourth-order valence-corrected chi connectivity index (χ4v) is 2.50. The maximum absolute atomic E-state index is 11.9. The molecule has 0 aliphatic heterocycles. The van der Waals surface area contributed by atoms with Crippen molar-refractivity contribution in [2.24, 2.45) is 0 Å². The maximum Gasteiger partial charge on any atom is 0.411 e. The van der Waals surface area contributed by atoms with Gasteiger partial charge in [0.25, 0.3) is 0 Å². The summed E-state index contributed by atoms with van der Waals surface area (Å²) in [6.45, 7) is 4.53. The average molecular weight is 281 g/mol. The Morgan fingerprint density at radius 3 is 2.72 bits per heavy atom. The SMILES string of the molecule is CCCNCc1cc(COCC(F)(F)F)c(C)s1. The van der Waals surface area contributed by atoms with E-state index in [4.69, 9.17) is 0 Å². The molecule has 2 nitrogen and oxygen atoms in total. The molecule has 1 rings (SSSR count). The molecule has 0 aromatic carbocycles. The van der Waals surface area contributed by atoms with Crippen LogP contribution in [0.2, 0.25) is 0 Å². The zero-order valence-corrected chi connectivity index (χ0v) is 11.4. The lowest BCUT2D eigenvalue weighted by Gasteiger charge is -2.06. The van der Waals surface area contributed by atoms with Crippen molar-refractivity contribution >= 4 is 11.3 Å². The number of thiophene rings is 1. The van der Waals surface area contributed by atoms with E-state index < -0.39 is 12.8 Å². The first-order valence-electron chi connectivity index (χ1n) is 5.85. The second-order valence-electron chi connectivity index (χ2n) is 4.08. The highest BCUT2D eigenvalue weighted by Gasteiger charge is 2.27. The number of alkyl halides is 3. The predicted molar refractivity (Wildman–Crippen MR) is 66.8 cm³/mol. The van der Waals surface area contributed by atoms with Gasteiger partial charge in [-0.2, -0.15) is 13.2 Å². The molecule has 0 fully saturated rings. The molecule has 0 unspecified atom stereocenters. The Hall–Kier alpha value is -0.590. The lowest BCUT2D eigenvalue weighted by molar-refractivity contribution is -0.176. The zero-order chi connectivity index (χ0) is 13.6. The van der Waals surface area contributed by atoms with Gasteiger partial charge in [0, 0.05) is 16.3 Å².